The van der Waals surface area contributed by atoms with Crippen molar-refractivity contribution in [3.8, 4) is 0 Å². The largest absolute Gasteiger partial charge is 0.348 e. The second-order valence-corrected chi connectivity index (χ2v) is 7.87. The minimum Gasteiger partial charge on any atom is -0.348 e. The van der Waals surface area contributed by atoms with Crippen LogP contribution in [0.25, 0.3) is 10.9 Å². The molecule has 27 heavy (non-hydrogen) atoms. The molecule has 1 aliphatic carbocycles. The van der Waals surface area contributed by atoms with Gasteiger partial charge in [-0.15, -0.1) is 0 Å². The first-order chi connectivity index (χ1) is 13.1. The Labute approximate surface area is 162 Å². The lowest BCUT2D eigenvalue weighted by Crippen LogP contribution is -2.34. The molecule has 0 amide bonds. The van der Waals surface area contributed by atoms with Gasteiger partial charge in [0.15, 0.2) is 5.78 Å². The second kappa shape index (κ2) is 7.03. The molecule has 0 radical (unpaired) electrons. The van der Waals surface area contributed by atoms with Gasteiger partial charge in [-0.3, -0.25) is 4.79 Å². The number of carbonyl (C=O) groups is 1. The Balaban J connectivity index is 1.79. The van der Waals surface area contributed by atoms with Crippen LogP contribution in [-0.2, 0) is 32.4 Å². The number of nitrogens with zero attached hydrogens (tertiary/aromatic N) is 2. The lowest BCUT2D eigenvalue weighted by molar-refractivity contribution is 0.0840. The molecule has 1 aromatic carbocycles. The number of Topliss-reactive ketones (excluding diaryl/α,β-unsaturated/α-hetero) is 1. The van der Waals surface area contributed by atoms with E-state index in [0.29, 0.717) is 11.7 Å². The van der Waals surface area contributed by atoms with Gasteiger partial charge in [-0.05, 0) is 50.3 Å². The average Bonchev–Trinajstić information content (AvgIpc) is 3.22. The summed E-state index contributed by atoms with van der Waals surface area (Å²) in [6.07, 6.45) is 3.00. The number of benzene rings is 1. The second-order valence-electron chi connectivity index (χ2n) is 7.87. The zero-order chi connectivity index (χ0) is 19.1. The van der Waals surface area contributed by atoms with E-state index in [-0.39, 0.29) is 5.92 Å². The van der Waals surface area contributed by atoms with Crippen molar-refractivity contribution in [1.29, 1.82) is 0 Å². The first-order valence-corrected chi connectivity index (χ1v) is 10.4. The third-order valence-corrected chi connectivity index (χ3v) is 6.45. The van der Waals surface area contributed by atoms with Gasteiger partial charge in [-0.2, -0.15) is 0 Å². The zero-order valence-electron chi connectivity index (χ0n) is 17.0. The number of ketones is 1. The van der Waals surface area contributed by atoms with Gasteiger partial charge in [0, 0.05) is 52.6 Å². The van der Waals surface area contributed by atoms with Crippen LogP contribution in [0.5, 0.6) is 0 Å². The van der Waals surface area contributed by atoms with Gasteiger partial charge in [0.2, 0.25) is 0 Å². The van der Waals surface area contributed by atoms with E-state index >= 15 is 0 Å². The molecule has 0 saturated carbocycles. The molecule has 0 aliphatic heterocycles. The SMILES string of the molecule is CCc1ccc(CC)n1CC1C(=O)c2c(n(CC)c3ccccc23)CC1C. The molecule has 3 heteroatoms. The van der Waals surface area contributed by atoms with E-state index in [1.54, 1.807) is 0 Å². The van der Waals surface area contributed by atoms with Crippen molar-refractivity contribution in [2.45, 2.75) is 60.0 Å². The maximum atomic E-state index is 13.7. The zero-order valence-corrected chi connectivity index (χ0v) is 17.0. The molecule has 0 fully saturated rings. The average molecular weight is 363 g/mol. The molecular weight excluding hydrogens is 332 g/mol. The van der Waals surface area contributed by atoms with Gasteiger partial charge in [-0.25, -0.2) is 0 Å². The summed E-state index contributed by atoms with van der Waals surface area (Å²) in [6.45, 7) is 10.6. The predicted octanol–water partition coefficient (Wildman–Crippen LogP) is 5.28. The van der Waals surface area contributed by atoms with Gasteiger partial charge < -0.3 is 9.13 Å². The number of fused-ring (bicyclic) bond motifs is 3. The Bertz CT molecular complexity index is 970. The highest BCUT2D eigenvalue weighted by Crippen LogP contribution is 2.38. The summed E-state index contributed by atoms with van der Waals surface area (Å²) in [6, 6.07) is 12.9. The Hall–Kier alpha value is -2.29. The van der Waals surface area contributed by atoms with Crippen LogP contribution in [0.2, 0.25) is 0 Å². The van der Waals surface area contributed by atoms with E-state index in [4.69, 9.17) is 0 Å². The van der Waals surface area contributed by atoms with Gasteiger partial charge in [-0.1, -0.05) is 39.0 Å². The Morgan fingerprint density at radius 2 is 1.63 bits per heavy atom. The molecule has 0 spiro atoms. The third-order valence-electron chi connectivity index (χ3n) is 6.45. The van der Waals surface area contributed by atoms with Gasteiger partial charge in [0.1, 0.15) is 0 Å². The summed E-state index contributed by atoms with van der Waals surface area (Å²) in [5, 5.41) is 1.13. The maximum Gasteiger partial charge on any atom is 0.170 e. The molecule has 2 atom stereocenters. The predicted molar refractivity (Wildman–Crippen MR) is 111 cm³/mol. The summed E-state index contributed by atoms with van der Waals surface area (Å²) < 4.78 is 4.75. The maximum absolute atomic E-state index is 13.7. The number of para-hydroxylation sites is 1. The van der Waals surface area contributed by atoms with Crippen LogP contribution in [0.15, 0.2) is 36.4 Å². The van der Waals surface area contributed by atoms with Crippen molar-refractivity contribution in [2.75, 3.05) is 0 Å². The van der Waals surface area contributed by atoms with Crippen molar-refractivity contribution in [2.24, 2.45) is 11.8 Å². The van der Waals surface area contributed by atoms with Crippen LogP contribution in [-0.4, -0.2) is 14.9 Å². The lowest BCUT2D eigenvalue weighted by atomic mass is 9.77. The van der Waals surface area contributed by atoms with Crippen LogP contribution in [0.4, 0.5) is 0 Å². The third kappa shape index (κ3) is 2.75. The molecule has 3 aromatic rings. The highest BCUT2D eigenvalue weighted by molar-refractivity contribution is 6.11. The number of aryl methyl sites for hydroxylation is 3. The summed E-state index contributed by atoms with van der Waals surface area (Å²) in [5.41, 5.74) is 6.11. The molecule has 2 heterocycles. The fraction of sp³-hybridized carbons (Fsp3) is 0.458. The molecule has 0 bridgehead atoms. The van der Waals surface area contributed by atoms with E-state index in [1.807, 2.05) is 0 Å². The monoisotopic (exact) mass is 362 g/mol. The van der Waals surface area contributed by atoms with E-state index < -0.39 is 0 Å². The molecule has 4 rings (SSSR count). The number of aromatic nitrogens is 2. The van der Waals surface area contributed by atoms with Crippen LogP contribution in [0.3, 0.4) is 0 Å². The number of hydrogen-bond acceptors (Lipinski definition) is 1. The standard InChI is InChI=1S/C24H30N2O/c1-5-17-12-13-18(6-2)26(17)15-20-16(4)14-22-23(24(20)27)19-10-8-9-11-21(19)25(22)7-3/h8-13,16,20H,5-7,14-15H2,1-4H3. The number of hydrogen-bond donors (Lipinski definition) is 0. The van der Waals surface area contributed by atoms with E-state index in [9.17, 15) is 4.79 Å². The summed E-state index contributed by atoms with van der Waals surface area (Å²) in [4.78, 5) is 13.7. The molecule has 0 saturated heterocycles. The topological polar surface area (TPSA) is 26.9 Å². The van der Waals surface area contributed by atoms with E-state index in [1.165, 1.54) is 22.6 Å². The molecule has 1 aliphatic rings. The Kier molecular flexibility index (Phi) is 4.71. The van der Waals surface area contributed by atoms with Crippen LogP contribution < -0.4 is 0 Å². The molecular formula is C24H30N2O. The molecule has 142 valence electrons. The smallest absolute Gasteiger partial charge is 0.170 e. The first-order valence-electron chi connectivity index (χ1n) is 10.4. The van der Waals surface area contributed by atoms with E-state index in [0.717, 1.165) is 43.3 Å². The lowest BCUT2D eigenvalue weighted by Gasteiger charge is -2.30. The van der Waals surface area contributed by atoms with Crippen LogP contribution >= 0.6 is 0 Å². The summed E-state index contributed by atoms with van der Waals surface area (Å²) in [7, 11) is 0. The van der Waals surface area contributed by atoms with Crippen LogP contribution in [0, 0.1) is 11.8 Å². The number of carbonyl (C=O) groups excluding carboxylic acids is 1. The van der Waals surface area contributed by atoms with E-state index in [2.05, 4.69) is 73.2 Å². The van der Waals surface area contributed by atoms with Crippen LogP contribution in [0.1, 0.15) is 55.1 Å². The minimum absolute atomic E-state index is 0.0524. The van der Waals surface area contributed by atoms with Gasteiger partial charge in [0.25, 0.3) is 0 Å². The first kappa shape index (κ1) is 18.1. The Morgan fingerprint density at radius 1 is 0.963 bits per heavy atom. The summed E-state index contributed by atoms with van der Waals surface area (Å²) >= 11 is 0. The van der Waals surface area contributed by atoms with Gasteiger partial charge >= 0.3 is 0 Å². The number of rotatable bonds is 5. The van der Waals surface area contributed by atoms with Crippen molar-refractivity contribution in [3.05, 3.63) is 59.0 Å². The van der Waals surface area contributed by atoms with Crippen molar-refractivity contribution >= 4 is 16.7 Å². The molecule has 2 aromatic heterocycles. The highest BCUT2D eigenvalue weighted by Gasteiger charge is 2.37. The minimum atomic E-state index is 0.0524. The fourth-order valence-corrected chi connectivity index (χ4v) is 4.96. The fourth-order valence-electron chi connectivity index (χ4n) is 4.96. The normalized spacial score (nSPS) is 19.6. The van der Waals surface area contributed by atoms with Crippen molar-refractivity contribution in [3.63, 3.8) is 0 Å². The summed E-state index contributed by atoms with van der Waals surface area (Å²) in [5.74, 6) is 0.748. The van der Waals surface area contributed by atoms with Gasteiger partial charge in [0.05, 0.1) is 0 Å². The molecule has 3 nitrogen and oxygen atoms in total. The molecule has 2 unspecified atom stereocenters. The quantitative estimate of drug-likeness (QED) is 0.607. The Morgan fingerprint density at radius 3 is 2.26 bits per heavy atom. The molecule has 0 N–H and O–H groups in total. The van der Waals surface area contributed by atoms with Crippen molar-refractivity contribution < 1.29 is 4.79 Å². The highest BCUT2D eigenvalue weighted by atomic mass is 16.1. The van der Waals surface area contributed by atoms with Crippen molar-refractivity contribution in [1.82, 2.24) is 9.13 Å².